The fraction of sp³-hybridized carbons (Fsp3) is 0.417. The summed E-state index contributed by atoms with van der Waals surface area (Å²) in [6.07, 6.45) is -0.498. The Bertz CT molecular complexity index is 364. The molecule has 0 aliphatic heterocycles. The Labute approximate surface area is 96.0 Å². The normalized spacial score (nSPS) is 10.2. The van der Waals surface area contributed by atoms with Crippen molar-refractivity contribution in [1.82, 2.24) is 0 Å². The number of carbonyl (C=O) groups excluding carboxylic acids is 1. The average molecular weight is 222 g/mol. The minimum atomic E-state index is -0.365. The Kier molecular flexibility index (Phi) is 4.17. The molecule has 0 radical (unpaired) electrons. The summed E-state index contributed by atoms with van der Waals surface area (Å²) in [6, 6.07) is 7.25. The van der Waals surface area contributed by atoms with Crippen molar-refractivity contribution in [1.29, 1.82) is 0 Å². The zero-order chi connectivity index (χ0) is 12.1. The van der Waals surface area contributed by atoms with E-state index in [0.717, 1.165) is 0 Å². The monoisotopic (exact) mass is 222 g/mol. The lowest BCUT2D eigenvalue weighted by Crippen LogP contribution is -2.33. The lowest BCUT2D eigenvalue weighted by Gasteiger charge is -2.23. The molecule has 1 rings (SSSR count). The van der Waals surface area contributed by atoms with Crippen LogP contribution in [-0.2, 0) is 4.74 Å². The van der Waals surface area contributed by atoms with E-state index in [4.69, 9.17) is 10.5 Å². The van der Waals surface area contributed by atoms with E-state index in [1.807, 2.05) is 32.9 Å². The van der Waals surface area contributed by atoms with E-state index in [2.05, 4.69) is 0 Å². The van der Waals surface area contributed by atoms with Crippen molar-refractivity contribution in [3.8, 4) is 0 Å². The predicted octanol–water partition coefficient (Wildman–Crippen LogP) is 2.64. The van der Waals surface area contributed by atoms with E-state index < -0.39 is 0 Å². The Morgan fingerprint density at radius 2 is 2.06 bits per heavy atom. The maximum atomic E-state index is 11.8. The molecule has 16 heavy (non-hydrogen) atoms. The van der Waals surface area contributed by atoms with Crippen LogP contribution in [0.3, 0.4) is 0 Å². The van der Waals surface area contributed by atoms with E-state index in [-0.39, 0.29) is 12.2 Å². The van der Waals surface area contributed by atoms with Crippen molar-refractivity contribution in [3.05, 3.63) is 24.3 Å². The Hall–Kier alpha value is -1.71. The van der Waals surface area contributed by atoms with Gasteiger partial charge in [0.25, 0.3) is 0 Å². The summed E-state index contributed by atoms with van der Waals surface area (Å²) in [5.74, 6) is 0. The standard InChI is InChI=1S/C12H18N2O2/c1-4-14(12(15)16-9(2)3)11-8-6-5-7-10(11)13/h5-9H,4,13H2,1-3H3. The molecule has 1 aromatic carbocycles. The fourth-order valence-corrected chi connectivity index (χ4v) is 1.40. The molecule has 0 unspecified atom stereocenters. The van der Waals surface area contributed by atoms with Crippen molar-refractivity contribution >= 4 is 17.5 Å². The first-order valence-corrected chi connectivity index (χ1v) is 5.39. The summed E-state index contributed by atoms with van der Waals surface area (Å²) in [5.41, 5.74) is 7.08. The molecule has 0 atom stereocenters. The second-order valence-corrected chi connectivity index (χ2v) is 3.74. The topological polar surface area (TPSA) is 55.6 Å². The highest BCUT2D eigenvalue weighted by Crippen LogP contribution is 2.23. The van der Waals surface area contributed by atoms with Gasteiger partial charge in [-0.25, -0.2) is 4.79 Å². The molecule has 0 saturated heterocycles. The SMILES string of the molecule is CCN(C(=O)OC(C)C)c1ccccc1N. The summed E-state index contributed by atoms with van der Waals surface area (Å²) in [6.45, 7) is 6.05. The van der Waals surface area contributed by atoms with Crippen LogP contribution in [0.5, 0.6) is 0 Å². The number of hydrogen-bond acceptors (Lipinski definition) is 3. The van der Waals surface area contributed by atoms with Crippen LogP contribution in [0.4, 0.5) is 16.2 Å². The number of anilines is 2. The van der Waals surface area contributed by atoms with Gasteiger partial charge in [0.15, 0.2) is 0 Å². The third-order valence-corrected chi connectivity index (χ3v) is 2.10. The van der Waals surface area contributed by atoms with E-state index in [1.54, 1.807) is 12.1 Å². The van der Waals surface area contributed by atoms with Crippen LogP contribution >= 0.6 is 0 Å². The first-order chi connectivity index (χ1) is 7.56. The van der Waals surface area contributed by atoms with Gasteiger partial charge in [-0.05, 0) is 32.9 Å². The van der Waals surface area contributed by atoms with Crippen molar-refractivity contribution in [2.24, 2.45) is 0 Å². The van der Waals surface area contributed by atoms with E-state index in [0.29, 0.717) is 17.9 Å². The van der Waals surface area contributed by atoms with Gasteiger partial charge in [-0.2, -0.15) is 0 Å². The maximum Gasteiger partial charge on any atom is 0.414 e. The van der Waals surface area contributed by atoms with Gasteiger partial charge in [-0.3, -0.25) is 4.90 Å². The van der Waals surface area contributed by atoms with Gasteiger partial charge < -0.3 is 10.5 Å². The summed E-state index contributed by atoms with van der Waals surface area (Å²) in [7, 11) is 0. The molecule has 0 heterocycles. The van der Waals surface area contributed by atoms with Crippen LogP contribution in [0.25, 0.3) is 0 Å². The molecule has 4 nitrogen and oxygen atoms in total. The van der Waals surface area contributed by atoms with Crippen molar-refractivity contribution < 1.29 is 9.53 Å². The molecule has 1 aromatic rings. The maximum absolute atomic E-state index is 11.8. The number of amides is 1. The van der Waals surface area contributed by atoms with Crippen LogP contribution in [0, 0.1) is 0 Å². The lowest BCUT2D eigenvalue weighted by molar-refractivity contribution is 0.123. The molecule has 1 amide bonds. The van der Waals surface area contributed by atoms with Gasteiger partial charge in [-0.1, -0.05) is 12.1 Å². The third kappa shape index (κ3) is 2.89. The highest BCUT2D eigenvalue weighted by Gasteiger charge is 2.18. The van der Waals surface area contributed by atoms with Gasteiger partial charge in [0.1, 0.15) is 0 Å². The summed E-state index contributed by atoms with van der Waals surface area (Å²) >= 11 is 0. The minimum absolute atomic E-state index is 0.133. The zero-order valence-electron chi connectivity index (χ0n) is 9.93. The minimum Gasteiger partial charge on any atom is -0.446 e. The molecule has 0 aliphatic carbocycles. The van der Waals surface area contributed by atoms with Crippen molar-refractivity contribution in [3.63, 3.8) is 0 Å². The van der Waals surface area contributed by atoms with Gasteiger partial charge in [-0.15, -0.1) is 0 Å². The number of para-hydroxylation sites is 2. The van der Waals surface area contributed by atoms with Gasteiger partial charge in [0.05, 0.1) is 17.5 Å². The van der Waals surface area contributed by atoms with Crippen LogP contribution in [-0.4, -0.2) is 18.7 Å². The smallest absolute Gasteiger partial charge is 0.414 e. The Morgan fingerprint density at radius 1 is 1.44 bits per heavy atom. The quantitative estimate of drug-likeness (QED) is 0.800. The number of hydrogen-bond donors (Lipinski definition) is 1. The molecule has 0 saturated carbocycles. The number of benzene rings is 1. The number of rotatable bonds is 3. The fourth-order valence-electron chi connectivity index (χ4n) is 1.40. The first kappa shape index (κ1) is 12.4. The van der Waals surface area contributed by atoms with E-state index in [9.17, 15) is 4.79 Å². The van der Waals surface area contributed by atoms with Gasteiger partial charge in [0, 0.05) is 6.54 Å². The molecule has 0 bridgehead atoms. The van der Waals surface area contributed by atoms with Crippen molar-refractivity contribution in [2.45, 2.75) is 26.9 Å². The lowest BCUT2D eigenvalue weighted by atomic mass is 10.2. The first-order valence-electron chi connectivity index (χ1n) is 5.39. The van der Waals surface area contributed by atoms with Gasteiger partial charge in [0.2, 0.25) is 0 Å². The third-order valence-electron chi connectivity index (χ3n) is 2.10. The van der Waals surface area contributed by atoms with E-state index in [1.165, 1.54) is 4.90 Å². The van der Waals surface area contributed by atoms with Gasteiger partial charge >= 0.3 is 6.09 Å². The van der Waals surface area contributed by atoms with Crippen LogP contribution in [0.1, 0.15) is 20.8 Å². The average Bonchev–Trinajstić information content (AvgIpc) is 2.20. The van der Waals surface area contributed by atoms with E-state index >= 15 is 0 Å². The molecule has 0 aromatic heterocycles. The molecule has 0 spiro atoms. The number of nitrogens with two attached hydrogens (primary N) is 1. The zero-order valence-corrected chi connectivity index (χ0v) is 9.93. The Balaban J connectivity index is 2.90. The second-order valence-electron chi connectivity index (χ2n) is 3.74. The van der Waals surface area contributed by atoms with Crippen LogP contribution < -0.4 is 10.6 Å². The molecule has 4 heteroatoms. The second kappa shape index (κ2) is 5.39. The molecular weight excluding hydrogens is 204 g/mol. The molecular formula is C12H18N2O2. The molecule has 2 N–H and O–H groups in total. The largest absolute Gasteiger partial charge is 0.446 e. The highest BCUT2D eigenvalue weighted by atomic mass is 16.6. The Morgan fingerprint density at radius 3 is 2.56 bits per heavy atom. The van der Waals surface area contributed by atoms with Crippen molar-refractivity contribution in [2.75, 3.05) is 17.2 Å². The summed E-state index contributed by atoms with van der Waals surface area (Å²) in [5, 5.41) is 0. The summed E-state index contributed by atoms with van der Waals surface area (Å²) in [4.78, 5) is 13.3. The molecule has 88 valence electrons. The molecule has 0 aliphatic rings. The highest BCUT2D eigenvalue weighted by molar-refractivity contribution is 5.91. The number of nitrogens with zero attached hydrogens (tertiary/aromatic N) is 1. The van der Waals surface area contributed by atoms with Crippen LogP contribution in [0.2, 0.25) is 0 Å². The predicted molar refractivity (Wildman–Crippen MR) is 65.5 cm³/mol. The number of nitrogen functional groups attached to an aromatic ring is 1. The molecule has 0 fully saturated rings. The van der Waals surface area contributed by atoms with Crippen LogP contribution in [0.15, 0.2) is 24.3 Å². The number of ether oxygens (including phenoxy) is 1. The number of carbonyl (C=O) groups is 1. The summed E-state index contributed by atoms with van der Waals surface area (Å²) < 4.78 is 5.14.